The Hall–Kier alpha value is -1.70. The Kier molecular flexibility index (Phi) is 3.52. The van der Waals surface area contributed by atoms with E-state index in [1.807, 2.05) is 0 Å². The predicted molar refractivity (Wildman–Crippen MR) is 59.5 cm³/mol. The van der Waals surface area contributed by atoms with E-state index in [1.54, 1.807) is 0 Å². The second-order valence-corrected chi connectivity index (χ2v) is 4.03. The number of hydrogen-bond acceptors (Lipinski definition) is 5. The number of thioether (sulfide) groups is 1. The Morgan fingerprint density at radius 1 is 1.24 bits per heavy atom. The maximum absolute atomic E-state index is 12.5. The number of rotatable bonds is 4. The summed E-state index contributed by atoms with van der Waals surface area (Å²) < 4.78 is 25.9. The zero-order valence-corrected chi connectivity index (χ0v) is 9.44. The monoisotopic (exact) mass is 257 g/mol. The molecule has 2 aromatic rings. The standard InChI is InChI=1S/C9H9F2N5S/c10-9(11)16-4-3-13-6(16)5-17-8-7(12)14-1-2-15-8/h1-4,9H,5H2,(H2,12,14). The third-order valence-electron chi connectivity index (χ3n) is 1.99. The summed E-state index contributed by atoms with van der Waals surface area (Å²) in [4.78, 5) is 11.7. The molecule has 0 aliphatic rings. The molecule has 2 heterocycles. The zero-order chi connectivity index (χ0) is 12.3. The number of nitrogens with zero attached hydrogens (tertiary/aromatic N) is 4. The molecule has 0 radical (unpaired) electrons. The van der Waals surface area contributed by atoms with Gasteiger partial charge in [0.05, 0.1) is 5.75 Å². The van der Waals surface area contributed by atoms with Crippen LogP contribution in [0.25, 0.3) is 0 Å². The van der Waals surface area contributed by atoms with Gasteiger partial charge in [0, 0.05) is 24.8 Å². The van der Waals surface area contributed by atoms with Gasteiger partial charge in [0.25, 0.3) is 0 Å². The molecule has 0 bridgehead atoms. The van der Waals surface area contributed by atoms with Crippen LogP contribution >= 0.6 is 11.8 Å². The van der Waals surface area contributed by atoms with Gasteiger partial charge in [-0.15, -0.1) is 0 Å². The minimum atomic E-state index is -2.59. The molecule has 0 saturated carbocycles. The van der Waals surface area contributed by atoms with E-state index in [0.717, 1.165) is 4.57 Å². The Labute approximate surface area is 100 Å². The molecule has 90 valence electrons. The number of alkyl halides is 2. The first-order valence-corrected chi connectivity index (χ1v) is 5.66. The van der Waals surface area contributed by atoms with Crippen molar-refractivity contribution in [2.24, 2.45) is 0 Å². The number of hydrogen-bond donors (Lipinski definition) is 1. The van der Waals surface area contributed by atoms with Crippen LogP contribution in [-0.4, -0.2) is 19.5 Å². The van der Waals surface area contributed by atoms with Gasteiger partial charge in [-0.1, -0.05) is 11.8 Å². The molecule has 0 aliphatic carbocycles. The molecule has 2 rings (SSSR count). The van der Waals surface area contributed by atoms with E-state index in [1.165, 1.54) is 36.5 Å². The SMILES string of the molecule is Nc1nccnc1SCc1nccn1C(F)F. The van der Waals surface area contributed by atoms with E-state index in [0.29, 0.717) is 5.03 Å². The first-order valence-electron chi connectivity index (χ1n) is 4.67. The van der Waals surface area contributed by atoms with Gasteiger partial charge in [-0.3, -0.25) is 4.57 Å². The van der Waals surface area contributed by atoms with Crippen molar-refractivity contribution in [2.75, 3.05) is 5.73 Å². The molecule has 2 aromatic heterocycles. The van der Waals surface area contributed by atoms with Crippen molar-refractivity contribution in [3.63, 3.8) is 0 Å². The lowest BCUT2D eigenvalue weighted by Gasteiger charge is -2.06. The topological polar surface area (TPSA) is 69.6 Å². The van der Waals surface area contributed by atoms with E-state index >= 15 is 0 Å². The molecule has 5 nitrogen and oxygen atoms in total. The van der Waals surface area contributed by atoms with Gasteiger partial charge in [-0.25, -0.2) is 15.0 Å². The van der Waals surface area contributed by atoms with Gasteiger partial charge in [0.1, 0.15) is 10.9 Å². The maximum atomic E-state index is 12.5. The van der Waals surface area contributed by atoms with E-state index in [2.05, 4.69) is 15.0 Å². The highest BCUT2D eigenvalue weighted by Crippen LogP contribution is 2.24. The molecule has 17 heavy (non-hydrogen) atoms. The van der Waals surface area contributed by atoms with E-state index in [9.17, 15) is 8.78 Å². The van der Waals surface area contributed by atoms with Gasteiger partial charge in [-0.2, -0.15) is 8.78 Å². The predicted octanol–water partition coefficient (Wildman–Crippen LogP) is 1.94. The van der Waals surface area contributed by atoms with Crippen molar-refractivity contribution in [1.29, 1.82) is 0 Å². The highest BCUT2D eigenvalue weighted by atomic mass is 32.2. The maximum Gasteiger partial charge on any atom is 0.319 e. The van der Waals surface area contributed by atoms with Crippen LogP contribution in [0.2, 0.25) is 0 Å². The molecular weight excluding hydrogens is 248 g/mol. The third-order valence-corrected chi connectivity index (χ3v) is 2.98. The summed E-state index contributed by atoms with van der Waals surface area (Å²) in [6.45, 7) is -2.59. The molecule has 0 atom stereocenters. The Balaban J connectivity index is 2.08. The third kappa shape index (κ3) is 2.70. The van der Waals surface area contributed by atoms with Gasteiger partial charge in [0.15, 0.2) is 5.82 Å². The first kappa shape index (κ1) is 11.8. The quantitative estimate of drug-likeness (QED) is 0.848. The van der Waals surface area contributed by atoms with Crippen LogP contribution in [0.15, 0.2) is 29.8 Å². The molecular formula is C9H9F2N5S. The van der Waals surface area contributed by atoms with E-state index < -0.39 is 6.55 Å². The van der Waals surface area contributed by atoms with Crippen LogP contribution in [-0.2, 0) is 5.75 Å². The highest BCUT2D eigenvalue weighted by molar-refractivity contribution is 7.98. The summed E-state index contributed by atoms with van der Waals surface area (Å²) in [6.07, 6.45) is 5.54. The second kappa shape index (κ2) is 5.09. The normalized spacial score (nSPS) is 11.0. The van der Waals surface area contributed by atoms with Gasteiger partial charge >= 0.3 is 6.55 Å². The van der Waals surface area contributed by atoms with Crippen molar-refractivity contribution >= 4 is 17.6 Å². The Morgan fingerprint density at radius 3 is 2.71 bits per heavy atom. The van der Waals surface area contributed by atoms with Crippen molar-refractivity contribution < 1.29 is 8.78 Å². The Bertz CT molecular complexity index is 502. The summed E-state index contributed by atoms with van der Waals surface area (Å²) in [5.74, 6) is 0.822. The molecule has 2 N–H and O–H groups in total. The van der Waals surface area contributed by atoms with E-state index in [-0.39, 0.29) is 17.4 Å². The fourth-order valence-electron chi connectivity index (χ4n) is 1.21. The van der Waals surface area contributed by atoms with Crippen molar-refractivity contribution in [2.45, 2.75) is 17.3 Å². The lowest BCUT2D eigenvalue weighted by atomic mass is 10.7. The summed E-state index contributed by atoms with van der Waals surface area (Å²) >= 11 is 1.22. The van der Waals surface area contributed by atoms with Crippen molar-refractivity contribution in [3.8, 4) is 0 Å². The summed E-state index contributed by atoms with van der Waals surface area (Å²) in [5, 5.41) is 0.510. The summed E-state index contributed by atoms with van der Waals surface area (Å²) in [7, 11) is 0. The minimum Gasteiger partial charge on any atom is -0.381 e. The Morgan fingerprint density at radius 2 is 2.00 bits per heavy atom. The van der Waals surface area contributed by atoms with Crippen LogP contribution < -0.4 is 5.73 Å². The second-order valence-electron chi connectivity index (χ2n) is 3.06. The molecule has 0 aromatic carbocycles. The van der Waals surface area contributed by atoms with Gasteiger partial charge in [0.2, 0.25) is 0 Å². The summed E-state index contributed by atoms with van der Waals surface area (Å²) in [6, 6.07) is 0. The van der Waals surface area contributed by atoms with Gasteiger partial charge < -0.3 is 5.73 Å². The smallest absolute Gasteiger partial charge is 0.319 e. The van der Waals surface area contributed by atoms with Crippen LogP contribution in [0.1, 0.15) is 12.4 Å². The molecule has 0 spiro atoms. The molecule has 0 aliphatic heterocycles. The highest BCUT2D eigenvalue weighted by Gasteiger charge is 2.12. The number of imidazole rings is 1. The van der Waals surface area contributed by atoms with Crippen LogP contribution in [0.4, 0.5) is 14.6 Å². The fourth-order valence-corrected chi connectivity index (χ4v) is 2.04. The van der Waals surface area contributed by atoms with Crippen molar-refractivity contribution in [3.05, 3.63) is 30.6 Å². The number of nitrogens with two attached hydrogens (primary N) is 1. The zero-order valence-electron chi connectivity index (χ0n) is 8.62. The number of anilines is 1. The lowest BCUT2D eigenvalue weighted by molar-refractivity contribution is 0.0678. The fraction of sp³-hybridized carbons (Fsp3) is 0.222. The molecule has 0 saturated heterocycles. The number of nitrogen functional groups attached to an aromatic ring is 1. The average molecular weight is 257 g/mol. The largest absolute Gasteiger partial charge is 0.381 e. The molecule has 8 heteroatoms. The van der Waals surface area contributed by atoms with Crippen molar-refractivity contribution in [1.82, 2.24) is 19.5 Å². The minimum absolute atomic E-state index is 0.264. The van der Waals surface area contributed by atoms with Crippen LogP contribution in [0, 0.1) is 0 Å². The first-order chi connectivity index (χ1) is 8.18. The molecule has 0 fully saturated rings. The van der Waals surface area contributed by atoms with E-state index in [4.69, 9.17) is 5.73 Å². The number of aromatic nitrogens is 4. The van der Waals surface area contributed by atoms with Gasteiger partial charge in [-0.05, 0) is 0 Å². The average Bonchev–Trinajstić information content (AvgIpc) is 2.76. The lowest BCUT2D eigenvalue weighted by Crippen LogP contribution is -2.02. The van der Waals surface area contributed by atoms with Crippen LogP contribution in [0.5, 0.6) is 0 Å². The number of halogens is 2. The molecule has 0 amide bonds. The molecule has 0 unspecified atom stereocenters. The van der Waals surface area contributed by atoms with Crippen LogP contribution in [0.3, 0.4) is 0 Å². The summed E-state index contributed by atoms with van der Waals surface area (Å²) in [5.41, 5.74) is 5.59.